The van der Waals surface area contributed by atoms with Crippen LogP contribution in [0.3, 0.4) is 0 Å². The van der Waals surface area contributed by atoms with Gasteiger partial charge in [-0.05, 0) is 79.6 Å². The average Bonchev–Trinajstić information content (AvgIpc) is 2.99. The number of carbonyl (C=O) groups is 2. The number of hydrogen-bond donors (Lipinski definition) is 2. The van der Waals surface area contributed by atoms with E-state index in [1.165, 1.54) is 65.5 Å². The van der Waals surface area contributed by atoms with Crippen molar-refractivity contribution >= 4 is 41.1 Å². The van der Waals surface area contributed by atoms with Gasteiger partial charge in [-0.2, -0.15) is 13.2 Å². The van der Waals surface area contributed by atoms with E-state index in [2.05, 4.69) is 5.32 Å². The van der Waals surface area contributed by atoms with Crippen LogP contribution in [0.5, 0.6) is 23.0 Å². The Morgan fingerprint density at radius 2 is 1.36 bits per heavy atom. The molecule has 0 bridgehead atoms. The molecule has 0 atom stereocenters. The van der Waals surface area contributed by atoms with Crippen molar-refractivity contribution in [1.82, 2.24) is 0 Å². The number of rotatable bonds is 12. The molecule has 0 spiro atoms. The maximum atomic E-state index is 13.2. The number of anilines is 1. The molecule has 45 heavy (non-hydrogen) atoms. The number of amides is 1. The number of alkyl halides is 3. The SMILES string of the molecule is COc1ccc(/C=C/C(O)=CC(=O)/C=C/c2ccc(OC(C)(C)C(=O)Nc3ccc(Cl)c(C(F)(F)F)c3)c(OC)c2)cc1OC. The number of hydrogen-bond acceptors (Lipinski definition) is 7. The van der Waals surface area contributed by atoms with Gasteiger partial charge >= 0.3 is 6.18 Å². The van der Waals surface area contributed by atoms with Gasteiger partial charge < -0.3 is 29.4 Å². The monoisotopic (exact) mass is 645 g/mol. The molecule has 0 saturated carbocycles. The summed E-state index contributed by atoms with van der Waals surface area (Å²) in [6, 6.07) is 12.9. The quantitative estimate of drug-likeness (QED) is 0.117. The number of halogens is 4. The Morgan fingerprint density at radius 3 is 1.93 bits per heavy atom. The second kappa shape index (κ2) is 14.7. The Kier molecular flexibility index (Phi) is 11.3. The molecule has 0 aliphatic rings. The van der Waals surface area contributed by atoms with Gasteiger partial charge in [-0.3, -0.25) is 9.59 Å². The lowest BCUT2D eigenvalue weighted by Gasteiger charge is -2.26. The molecular weight excluding hydrogens is 615 g/mol. The van der Waals surface area contributed by atoms with Crippen molar-refractivity contribution in [3.05, 3.63) is 100 Å². The smallest absolute Gasteiger partial charge is 0.417 e. The number of methoxy groups -OCH3 is 3. The first-order chi connectivity index (χ1) is 21.2. The molecule has 3 rings (SSSR count). The Morgan fingerprint density at radius 1 is 0.800 bits per heavy atom. The minimum atomic E-state index is -4.70. The van der Waals surface area contributed by atoms with Crippen LogP contribution < -0.4 is 24.3 Å². The molecule has 3 aromatic carbocycles. The molecule has 1 amide bonds. The second-order valence-electron chi connectivity index (χ2n) is 9.92. The minimum Gasteiger partial charge on any atom is -0.508 e. The zero-order valence-corrected chi connectivity index (χ0v) is 25.7. The van der Waals surface area contributed by atoms with Gasteiger partial charge in [0.05, 0.1) is 31.9 Å². The molecule has 0 fully saturated rings. The number of aliphatic hydroxyl groups excluding tert-OH is 1. The van der Waals surface area contributed by atoms with Gasteiger partial charge in [0.2, 0.25) is 0 Å². The van der Waals surface area contributed by atoms with Gasteiger partial charge in [0.1, 0.15) is 5.76 Å². The van der Waals surface area contributed by atoms with E-state index in [0.29, 0.717) is 22.6 Å². The fourth-order valence-corrected chi connectivity index (χ4v) is 4.08. The third-order valence-electron chi connectivity index (χ3n) is 6.21. The predicted molar refractivity (Wildman–Crippen MR) is 166 cm³/mol. The van der Waals surface area contributed by atoms with E-state index in [1.54, 1.807) is 36.4 Å². The van der Waals surface area contributed by atoms with Gasteiger partial charge in [-0.1, -0.05) is 35.9 Å². The number of nitrogens with one attached hydrogen (secondary N) is 1. The summed E-state index contributed by atoms with van der Waals surface area (Å²) in [7, 11) is 4.41. The zero-order valence-electron chi connectivity index (χ0n) is 25.0. The van der Waals surface area contributed by atoms with E-state index in [-0.39, 0.29) is 22.9 Å². The lowest BCUT2D eigenvalue weighted by molar-refractivity contribution is -0.137. The predicted octanol–water partition coefficient (Wildman–Crippen LogP) is 7.92. The van der Waals surface area contributed by atoms with Crippen LogP contribution in [0.1, 0.15) is 30.5 Å². The number of ether oxygens (including phenoxy) is 4. The van der Waals surface area contributed by atoms with Crippen LogP contribution in [-0.2, 0) is 15.8 Å². The highest BCUT2D eigenvalue weighted by Gasteiger charge is 2.35. The molecule has 0 aliphatic carbocycles. The number of carbonyl (C=O) groups excluding carboxylic acids is 2. The summed E-state index contributed by atoms with van der Waals surface area (Å²) in [5.41, 5.74) is -1.47. The summed E-state index contributed by atoms with van der Waals surface area (Å²) < 4.78 is 61.3. The Hall–Kier alpha value is -4.90. The van der Waals surface area contributed by atoms with Crippen molar-refractivity contribution in [2.24, 2.45) is 0 Å². The molecule has 12 heteroatoms. The summed E-state index contributed by atoms with van der Waals surface area (Å²) in [5.74, 6) is -0.00566. The summed E-state index contributed by atoms with van der Waals surface area (Å²) in [4.78, 5) is 25.3. The third-order valence-corrected chi connectivity index (χ3v) is 6.54. The van der Waals surface area contributed by atoms with E-state index >= 15 is 0 Å². The third kappa shape index (κ3) is 9.54. The summed E-state index contributed by atoms with van der Waals surface area (Å²) >= 11 is 5.65. The van der Waals surface area contributed by atoms with E-state index in [4.69, 9.17) is 30.5 Å². The number of aliphatic hydroxyl groups is 1. The Bertz CT molecular complexity index is 1650. The van der Waals surface area contributed by atoms with Gasteiger partial charge in [-0.25, -0.2) is 0 Å². The van der Waals surface area contributed by atoms with Crippen LogP contribution in [0.2, 0.25) is 5.02 Å². The number of ketones is 1. The summed E-state index contributed by atoms with van der Waals surface area (Å²) in [6.45, 7) is 2.88. The van der Waals surface area contributed by atoms with Crippen molar-refractivity contribution in [3.63, 3.8) is 0 Å². The second-order valence-corrected chi connectivity index (χ2v) is 10.3. The van der Waals surface area contributed by atoms with Gasteiger partial charge in [0.15, 0.2) is 34.4 Å². The Balaban J connectivity index is 1.68. The molecule has 8 nitrogen and oxygen atoms in total. The summed E-state index contributed by atoms with van der Waals surface area (Å²) in [5, 5.41) is 12.1. The van der Waals surface area contributed by atoms with E-state index in [9.17, 15) is 27.9 Å². The Labute approximate surface area is 263 Å². The van der Waals surface area contributed by atoms with Crippen molar-refractivity contribution in [2.45, 2.75) is 25.6 Å². The molecule has 0 aromatic heterocycles. The van der Waals surface area contributed by atoms with Crippen molar-refractivity contribution in [1.29, 1.82) is 0 Å². The van der Waals surface area contributed by atoms with Crippen LogP contribution in [0.25, 0.3) is 12.2 Å². The average molecular weight is 646 g/mol. The molecule has 0 heterocycles. The van der Waals surface area contributed by atoms with Crippen molar-refractivity contribution in [3.8, 4) is 23.0 Å². The van der Waals surface area contributed by atoms with Crippen LogP contribution in [0, 0.1) is 0 Å². The van der Waals surface area contributed by atoms with Crippen molar-refractivity contribution < 1.29 is 46.8 Å². The molecular formula is C33H31ClF3NO7. The summed E-state index contributed by atoms with van der Waals surface area (Å²) in [6.07, 6.45) is 2.05. The molecule has 0 radical (unpaired) electrons. The molecule has 3 aromatic rings. The fourth-order valence-electron chi connectivity index (χ4n) is 3.85. The maximum absolute atomic E-state index is 13.2. The number of benzene rings is 3. The van der Waals surface area contributed by atoms with Crippen LogP contribution >= 0.6 is 11.6 Å². The highest BCUT2D eigenvalue weighted by molar-refractivity contribution is 6.31. The highest BCUT2D eigenvalue weighted by Crippen LogP contribution is 2.37. The highest BCUT2D eigenvalue weighted by atomic mass is 35.5. The van der Waals surface area contributed by atoms with Crippen LogP contribution in [-0.4, -0.2) is 43.7 Å². The van der Waals surface area contributed by atoms with Crippen molar-refractivity contribution in [2.75, 3.05) is 26.6 Å². The zero-order chi connectivity index (χ0) is 33.4. The molecule has 238 valence electrons. The molecule has 0 aliphatic heterocycles. The first kappa shape index (κ1) is 34.6. The fraction of sp³-hybridized carbons (Fsp3) is 0.212. The van der Waals surface area contributed by atoms with E-state index < -0.39 is 34.1 Å². The first-order valence-corrected chi connectivity index (χ1v) is 13.6. The minimum absolute atomic E-state index is 0.109. The van der Waals surface area contributed by atoms with Crippen LogP contribution in [0.4, 0.5) is 18.9 Å². The first-order valence-electron chi connectivity index (χ1n) is 13.2. The topological polar surface area (TPSA) is 103 Å². The largest absolute Gasteiger partial charge is 0.508 e. The van der Waals surface area contributed by atoms with Crippen LogP contribution in [0.15, 0.2) is 78.6 Å². The molecule has 0 saturated heterocycles. The van der Waals surface area contributed by atoms with Gasteiger partial charge in [0, 0.05) is 11.8 Å². The van der Waals surface area contributed by atoms with Gasteiger partial charge in [-0.15, -0.1) is 0 Å². The maximum Gasteiger partial charge on any atom is 0.417 e. The normalized spacial score (nSPS) is 12.3. The lowest BCUT2D eigenvalue weighted by Crippen LogP contribution is -2.42. The lowest BCUT2D eigenvalue weighted by atomic mass is 10.1. The standard InChI is InChI=1S/C33H31ClF3NO7/c1-32(2,31(41)38-22-10-13-26(34)25(18-22)33(35,36)37)45-28-15-9-21(17-30(28)44-5)7-12-24(40)19-23(39)11-6-20-8-14-27(42-3)29(16-20)43-4/h6-19,39H,1-5H3,(H,38,41)/b11-6+,12-7+,23-19?. The van der Waals surface area contributed by atoms with E-state index in [0.717, 1.165) is 18.2 Å². The van der Waals surface area contributed by atoms with E-state index in [1.807, 2.05) is 0 Å². The van der Waals surface area contributed by atoms with Gasteiger partial charge in [0.25, 0.3) is 5.91 Å². The number of allylic oxidation sites excluding steroid dienone is 3. The molecule has 0 unspecified atom stereocenters. The molecule has 2 N–H and O–H groups in total.